The molecule has 0 amide bonds. The van der Waals surface area contributed by atoms with E-state index in [2.05, 4.69) is 10.3 Å². The highest BCUT2D eigenvalue weighted by Gasteiger charge is 2.30. The van der Waals surface area contributed by atoms with Gasteiger partial charge in [0, 0.05) is 5.69 Å². The molecule has 0 bridgehead atoms. The van der Waals surface area contributed by atoms with E-state index >= 15 is 0 Å². The van der Waals surface area contributed by atoms with Crippen molar-refractivity contribution >= 4 is 11.5 Å². The van der Waals surface area contributed by atoms with Gasteiger partial charge in [-0.25, -0.2) is 4.98 Å². The van der Waals surface area contributed by atoms with Crippen molar-refractivity contribution in [1.29, 1.82) is 5.26 Å². The first kappa shape index (κ1) is 13.9. The summed E-state index contributed by atoms with van der Waals surface area (Å²) in [6.45, 7) is 1.69. The van der Waals surface area contributed by atoms with Crippen molar-refractivity contribution in [2.45, 2.75) is 13.1 Å². The van der Waals surface area contributed by atoms with Crippen LogP contribution in [-0.2, 0) is 6.18 Å². The van der Waals surface area contributed by atoms with E-state index in [4.69, 9.17) is 5.26 Å². The molecule has 1 aromatic heterocycles. The molecule has 0 saturated carbocycles. The van der Waals surface area contributed by atoms with E-state index in [1.165, 1.54) is 12.1 Å². The predicted octanol–water partition coefficient (Wildman–Crippen LogP) is 4.02. The van der Waals surface area contributed by atoms with Crippen molar-refractivity contribution in [3.8, 4) is 6.07 Å². The number of hydrogen-bond acceptors (Lipinski definition) is 3. The number of aromatic nitrogens is 1. The maximum atomic E-state index is 12.7. The summed E-state index contributed by atoms with van der Waals surface area (Å²) in [5, 5.41) is 11.5. The molecular formula is C14H10F3N3. The molecule has 2 aromatic rings. The lowest BCUT2D eigenvalue weighted by atomic mass is 10.1. The summed E-state index contributed by atoms with van der Waals surface area (Å²) < 4.78 is 38.0. The molecule has 102 valence electrons. The molecule has 0 spiro atoms. The molecule has 1 heterocycles. The molecule has 0 atom stereocenters. The summed E-state index contributed by atoms with van der Waals surface area (Å²) in [7, 11) is 0. The molecule has 1 aromatic carbocycles. The molecule has 0 aliphatic heterocycles. The fourth-order valence-electron chi connectivity index (χ4n) is 1.64. The lowest BCUT2D eigenvalue weighted by Crippen LogP contribution is -2.06. The standard InChI is InChI=1S/C14H10F3N3/c1-9-5-6-10(14(15,16)17)7-12(9)20-13-4-2-3-11(8-18)19-13/h2-7H,1H3,(H,19,20). The molecule has 6 heteroatoms. The lowest BCUT2D eigenvalue weighted by molar-refractivity contribution is -0.137. The fraction of sp³-hybridized carbons (Fsp3) is 0.143. The summed E-state index contributed by atoms with van der Waals surface area (Å²) in [5.41, 5.74) is 0.422. The van der Waals surface area contributed by atoms with E-state index in [9.17, 15) is 13.2 Å². The van der Waals surface area contributed by atoms with Crippen LogP contribution in [0.25, 0.3) is 0 Å². The van der Waals surface area contributed by atoms with Gasteiger partial charge in [-0.1, -0.05) is 12.1 Å². The van der Waals surface area contributed by atoms with E-state index in [1.54, 1.807) is 19.1 Å². The van der Waals surface area contributed by atoms with Crippen molar-refractivity contribution in [3.63, 3.8) is 0 Å². The van der Waals surface area contributed by atoms with E-state index in [1.807, 2.05) is 6.07 Å². The highest BCUT2D eigenvalue weighted by Crippen LogP contribution is 2.32. The minimum atomic E-state index is -4.40. The highest BCUT2D eigenvalue weighted by atomic mass is 19.4. The first-order valence-corrected chi connectivity index (χ1v) is 5.72. The zero-order chi connectivity index (χ0) is 14.8. The van der Waals surface area contributed by atoms with E-state index in [-0.39, 0.29) is 5.69 Å². The van der Waals surface area contributed by atoms with Gasteiger partial charge < -0.3 is 5.32 Å². The minimum absolute atomic E-state index is 0.194. The van der Waals surface area contributed by atoms with Crippen LogP contribution in [0.2, 0.25) is 0 Å². The third-order valence-corrected chi connectivity index (χ3v) is 2.69. The summed E-state index contributed by atoms with van der Waals surface area (Å²) >= 11 is 0. The van der Waals surface area contributed by atoms with Gasteiger partial charge in [-0.15, -0.1) is 0 Å². The largest absolute Gasteiger partial charge is 0.416 e. The quantitative estimate of drug-likeness (QED) is 0.901. The second-order valence-corrected chi connectivity index (χ2v) is 4.17. The molecule has 0 saturated heterocycles. The van der Waals surface area contributed by atoms with Crippen molar-refractivity contribution in [2.75, 3.05) is 5.32 Å². The van der Waals surface area contributed by atoms with Crippen LogP contribution in [0, 0.1) is 18.3 Å². The Morgan fingerprint density at radius 3 is 2.60 bits per heavy atom. The summed E-state index contributed by atoms with van der Waals surface area (Å²) in [6.07, 6.45) is -4.40. The van der Waals surface area contributed by atoms with Crippen LogP contribution < -0.4 is 5.32 Å². The maximum absolute atomic E-state index is 12.7. The van der Waals surface area contributed by atoms with Crippen molar-refractivity contribution in [3.05, 3.63) is 53.2 Å². The number of pyridine rings is 1. The summed E-state index contributed by atoms with van der Waals surface area (Å²) in [5.74, 6) is 0.325. The number of rotatable bonds is 2. The molecule has 0 unspecified atom stereocenters. The van der Waals surface area contributed by atoms with Crippen molar-refractivity contribution in [2.24, 2.45) is 0 Å². The Balaban J connectivity index is 2.35. The third kappa shape index (κ3) is 3.06. The number of hydrogen-bond donors (Lipinski definition) is 1. The number of halogens is 3. The normalized spacial score (nSPS) is 10.9. The molecule has 0 aliphatic rings. The topological polar surface area (TPSA) is 48.7 Å². The predicted molar refractivity (Wildman–Crippen MR) is 68.4 cm³/mol. The van der Waals surface area contributed by atoms with Crippen LogP contribution >= 0.6 is 0 Å². The number of nitrogens with one attached hydrogen (secondary N) is 1. The first-order chi connectivity index (χ1) is 9.40. The van der Waals surface area contributed by atoms with Gasteiger partial charge in [0.15, 0.2) is 0 Å². The van der Waals surface area contributed by atoms with E-state index in [0.29, 0.717) is 17.1 Å². The Morgan fingerprint density at radius 1 is 1.20 bits per heavy atom. The number of benzene rings is 1. The number of nitriles is 1. The SMILES string of the molecule is Cc1ccc(C(F)(F)F)cc1Nc1cccc(C#N)n1. The zero-order valence-corrected chi connectivity index (χ0v) is 10.5. The van der Waals surface area contributed by atoms with Crippen LogP contribution in [0.3, 0.4) is 0 Å². The number of nitrogens with zero attached hydrogens (tertiary/aromatic N) is 2. The van der Waals surface area contributed by atoms with Crippen molar-refractivity contribution < 1.29 is 13.2 Å². The number of aryl methyl sites for hydroxylation is 1. The van der Waals surface area contributed by atoms with Gasteiger partial charge in [-0.2, -0.15) is 18.4 Å². The Bertz CT molecular complexity index is 672. The molecule has 2 rings (SSSR count). The summed E-state index contributed by atoms with van der Waals surface area (Å²) in [4.78, 5) is 3.97. The summed E-state index contributed by atoms with van der Waals surface area (Å²) in [6, 6.07) is 10.0. The average Bonchev–Trinajstić information content (AvgIpc) is 2.40. The van der Waals surface area contributed by atoms with Crippen molar-refractivity contribution in [1.82, 2.24) is 4.98 Å². The van der Waals surface area contributed by atoms with E-state index < -0.39 is 11.7 Å². The van der Waals surface area contributed by atoms with Gasteiger partial charge in [0.2, 0.25) is 0 Å². The Kier molecular flexibility index (Phi) is 3.61. The van der Waals surface area contributed by atoms with Crippen LogP contribution in [0.1, 0.15) is 16.8 Å². The zero-order valence-electron chi connectivity index (χ0n) is 10.5. The molecule has 3 nitrogen and oxygen atoms in total. The second-order valence-electron chi connectivity index (χ2n) is 4.17. The third-order valence-electron chi connectivity index (χ3n) is 2.69. The van der Waals surface area contributed by atoms with Gasteiger partial charge in [0.1, 0.15) is 17.6 Å². The number of anilines is 2. The molecule has 20 heavy (non-hydrogen) atoms. The van der Waals surface area contributed by atoms with E-state index in [0.717, 1.165) is 12.1 Å². The van der Waals surface area contributed by atoms with Gasteiger partial charge >= 0.3 is 6.18 Å². The Morgan fingerprint density at radius 2 is 1.95 bits per heavy atom. The minimum Gasteiger partial charge on any atom is -0.340 e. The van der Waals surface area contributed by atoms with Gasteiger partial charge in [0.05, 0.1) is 5.56 Å². The molecule has 1 N–H and O–H groups in total. The highest BCUT2D eigenvalue weighted by molar-refractivity contribution is 5.62. The van der Waals surface area contributed by atoms with Crippen LogP contribution in [0.4, 0.5) is 24.7 Å². The van der Waals surface area contributed by atoms with Crippen LogP contribution in [0.15, 0.2) is 36.4 Å². The molecular weight excluding hydrogens is 267 g/mol. The smallest absolute Gasteiger partial charge is 0.340 e. The maximum Gasteiger partial charge on any atom is 0.416 e. The average molecular weight is 277 g/mol. The fourth-order valence-corrected chi connectivity index (χ4v) is 1.64. The molecule has 0 aliphatic carbocycles. The number of alkyl halides is 3. The van der Waals surface area contributed by atoms with Crippen LogP contribution in [0.5, 0.6) is 0 Å². The Labute approximate surface area is 113 Å². The van der Waals surface area contributed by atoms with Crippen LogP contribution in [-0.4, -0.2) is 4.98 Å². The van der Waals surface area contributed by atoms with Gasteiger partial charge in [-0.05, 0) is 36.8 Å². The second kappa shape index (κ2) is 5.21. The monoisotopic (exact) mass is 277 g/mol. The van der Waals surface area contributed by atoms with Gasteiger partial charge in [0.25, 0.3) is 0 Å². The molecule has 0 radical (unpaired) electrons. The Hall–Kier alpha value is -2.55. The molecule has 0 fully saturated rings. The van der Waals surface area contributed by atoms with Gasteiger partial charge in [-0.3, -0.25) is 0 Å². The first-order valence-electron chi connectivity index (χ1n) is 5.72. The lowest BCUT2D eigenvalue weighted by Gasteiger charge is -2.13.